The van der Waals surface area contributed by atoms with Crippen molar-refractivity contribution in [2.75, 3.05) is 0 Å². The average molecular weight is 536 g/mol. The van der Waals surface area contributed by atoms with Crippen LogP contribution in [0.1, 0.15) is 22.6 Å². The second kappa shape index (κ2) is 11.0. The number of ether oxygens (including phenoxy) is 1. The predicted octanol–water partition coefficient (Wildman–Crippen LogP) is 3.24. The summed E-state index contributed by atoms with van der Waals surface area (Å²) in [5.74, 6) is -0.619. The van der Waals surface area contributed by atoms with Gasteiger partial charge in [-0.3, -0.25) is 9.11 Å². The molecule has 10 nitrogen and oxygen atoms in total. The van der Waals surface area contributed by atoms with Crippen molar-refractivity contribution in [1.82, 2.24) is 4.98 Å². The number of rotatable bonds is 10. The zero-order valence-electron chi connectivity index (χ0n) is 18.9. The number of aromatic nitrogens is 1. The topological polar surface area (TPSA) is 152 Å². The van der Waals surface area contributed by atoms with Gasteiger partial charge in [0.2, 0.25) is 0 Å². The Morgan fingerprint density at radius 1 is 0.778 bits per heavy atom. The van der Waals surface area contributed by atoms with Crippen molar-refractivity contribution in [1.29, 1.82) is 0 Å². The van der Waals surface area contributed by atoms with Crippen LogP contribution < -0.4 is 0 Å². The van der Waals surface area contributed by atoms with Crippen LogP contribution in [0.2, 0.25) is 0 Å². The van der Waals surface area contributed by atoms with Crippen molar-refractivity contribution in [3.63, 3.8) is 0 Å². The molecule has 0 unspecified atom stereocenters. The van der Waals surface area contributed by atoms with Gasteiger partial charge in [-0.25, -0.2) is 8.37 Å². The third-order valence-electron chi connectivity index (χ3n) is 5.74. The number of nitrogens with one attached hydrogen (secondary N) is 1. The van der Waals surface area contributed by atoms with E-state index in [0.717, 1.165) is 11.1 Å². The van der Waals surface area contributed by atoms with Gasteiger partial charge in [0.15, 0.2) is 0 Å². The molecule has 1 heterocycles. The summed E-state index contributed by atoms with van der Waals surface area (Å²) in [6, 6.07) is 19.8. The number of aromatic amines is 1. The zero-order valence-corrected chi connectivity index (χ0v) is 20.5. The molecule has 0 bridgehead atoms. The summed E-state index contributed by atoms with van der Waals surface area (Å²) < 4.78 is 82.5. The molecule has 2 aromatic carbocycles. The third kappa shape index (κ3) is 7.11. The molecule has 0 spiro atoms. The molecule has 0 saturated heterocycles. The standard InChI is InChI=1S/C24H25NO9S2/c26-35(27,28)33-22-20(13-17-7-3-1-4-8-17)14-21(19-11-12-25-15-19)23(24(22)34-36(29,30)31)32-16-18-9-5-2-6-10-18/h1-12,14-15,21-25H,13,16H2,(H,26,27,28)(H,29,30,31)/t21-,22-,23-,24-/m1/s1. The van der Waals surface area contributed by atoms with E-state index in [-0.39, 0.29) is 13.0 Å². The SMILES string of the molecule is O=S(=O)(O)O[C@H]1[C@H](OCc2ccccc2)[C@@H](c2cc[nH]c2)C=C(Cc2ccccc2)[C@H]1OS(=O)(=O)O. The van der Waals surface area contributed by atoms with Gasteiger partial charge in [0.1, 0.15) is 12.2 Å². The fourth-order valence-electron chi connectivity index (χ4n) is 4.29. The van der Waals surface area contributed by atoms with Crippen LogP contribution in [0.3, 0.4) is 0 Å². The zero-order chi connectivity index (χ0) is 25.8. The molecule has 1 aliphatic carbocycles. The molecular weight excluding hydrogens is 510 g/mol. The van der Waals surface area contributed by atoms with Crippen LogP contribution >= 0.6 is 0 Å². The molecule has 0 saturated carbocycles. The number of benzene rings is 2. The van der Waals surface area contributed by atoms with E-state index in [1.54, 1.807) is 73.1 Å². The highest BCUT2D eigenvalue weighted by Crippen LogP contribution is 2.39. The Hall–Kier alpha value is -2.84. The summed E-state index contributed by atoms with van der Waals surface area (Å²) in [4.78, 5) is 2.94. The molecule has 0 amide bonds. The van der Waals surface area contributed by atoms with E-state index in [2.05, 4.69) is 4.98 Å². The van der Waals surface area contributed by atoms with Crippen molar-refractivity contribution in [3.05, 3.63) is 107 Å². The molecule has 3 aromatic rings. The van der Waals surface area contributed by atoms with Crippen molar-refractivity contribution < 1.29 is 39.0 Å². The smallest absolute Gasteiger partial charge is 0.370 e. The molecule has 1 aromatic heterocycles. The van der Waals surface area contributed by atoms with Gasteiger partial charge >= 0.3 is 20.8 Å². The lowest BCUT2D eigenvalue weighted by Crippen LogP contribution is -2.51. The van der Waals surface area contributed by atoms with Gasteiger partial charge in [-0.15, -0.1) is 0 Å². The lowest BCUT2D eigenvalue weighted by molar-refractivity contribution is -0.0820. The van der Waals surface area contributed by atoms with E-state index >= 15 is 0 Å². The van der Waals surface area contributed by atoms with Crippen molar-refractivity contribution in [2.24, 2.45) is 0 Å². The highest BCUT2D eigenvalue weighted by molar-refractivity contribution is 7.81. The van der Waals surface area contributed by atoms with E-state index in [0.29, 0.717) is 11.1 Å². The van der Waals surface area contributed by atoms with Crippen molar-refractivity contribution in [3.8, 4) is 0 Å². The molecule has 12 heteroatoms. The maximum atomic E-state index is 11.9. The first-order valence-electron chi connectivity index (χ1n) is 10.9. The van der Waals surface area contributed by atoms with Crippen molar-refractivity contribution >= 4 is 20.8 Å². The average Bonchev–Trinajstić information content (AvgIpc) is 3.35. The van der Waals surface area contributed by atoms with Gasteiger partial charge in [0, 0.05) is 18.3 Å². The molecule has 0 aliphatic heterocycles. The minimum absolute atomic E-state index is 0.0260. The normalized spacial score (nSPS) is 22.8. The minimum atomic E-state index is -5.09. The number of hydrogen-bond acceptors (Lipinski definition) is 7. The maximum Gasteiger partial charge on any atom is 0.398 e. The largest absolute Gasteiger partial charge is 0.398 e. The lowest BCUT2D eigenvalue weighted by atomic mass is 9.79. The lowest BCUT2D eigenvalue weighted by Gasteiger charge is -2.40. The van der Waals surface area contributed by atoms with Crippen LogP contribution in [-0.4, -0.2) is 49.2 Å². The first-order valence-corrected chi connectivity index (χ1v) is 13.7. The second-order valence-electron chi connectivity index (χ2n) is 8.27. The molecule has 4 atom stereocenters. The highest BCUT2D eigenvalue weighted by Gasteiger charge is 2.47. The van der Waals surface area contributed by atoms with Crippen LogP contribution in [-0.2, 0) is 46.9 Å². The molecule has 0 fully saturated rings. The molecule has 4 rings (SSSR count). The van der Waals surface area contributed by atoms with Crippen LogP contribution in [0.4, 0.5) is 0 Å². The minimum Gasteiger partial charge on any atom is -0.370 e. The van der Waals surface area contributed by atoms with Gasteiger partial charge in [0.05, 0.1) is 12.7 Å². The molecule has 3 N–H and O–H groups in total. The van der Waals surface area contributed by atoms with E-state index < -0.39 is 45.0 Å². The molecule has 192 valence electrons. The van der Waals surface area contributed by atoms with Gasteiger partial charge in [0.25, 0.3) is 0 Å². The Kier molecular flexibility index (Phi) is 8.05. The maximum absolute atomic E-state index is 11.9. The van der Waals surface area contributed by atoms with Crippen LogP contribution in [0.5, 0.6) is 0 Å². The van der Waals surface area contributed by atoms with E-state index in [4.69, 9.17) is 13.1 Å². The summed E-state index contributed by atoms with van der Waals surface area (Å²) >= 11 is 0. The Morgan fingerprint density at radius 2 is 1.39 bits per heavy atom. The Balaban J connectivity index is 1.82. The summed E-state index contributed by atoms with van der Waals surface area (Å²) in [7, 11) is -10.1. The van der Waals surface area contributed by atoms with Crippen molar-refractivity contribution in [2.45, 2.75) is 37.3 Å². The number of hydrogen-bond donors (Lipinski definition) is 3. The molecular formula is C24H25NO9S2. The monoisotopic (exact) mass is 535 g/mol. The van der Waals surface area contributed by atoms with Gasteiger partial charge in [-0.2, -0.15) is 16.8 Å². The van der Waals surface area contributed by atoms with Crippen LogP contribution in [0, 0.1) is 0 Å². The number of H-pyrrole nitrogens is 1. The third-order valence-corrected chi connectivity index (χ3v) is 6.65. The van der Waals surface area contributed by atoms with E-state index in [9.17, 15) is 25.9 Å². The van der Waals surface area contributed by atoms with Crippen LogP contribution in [0.15, 0.2) is 90.8 Å². The van der Waals surface area contributed by atoms with Crippen LogP contribution in [0.25, 0.3) is 0 Å². The van der Waals surface area contributed by atoms with Gasteiger partial charge in [-0.05, 0) is 34.8 Å². The van der Waals surface area contributed by atoms with Gasteiger partial charge in [-0.1, -0.05) is 66.7 Å². The van der Waals surface area contributed by atoms with Gasteiger partial charge < -0.3 is 9.72 Å². The Morgan fingerprint density at radius 3 is 1.94 bits per heavy atom. The molecule has 0 radical (unpaired) electrons. The van der Waals surface area contributed by atoms with E-state index in [1.165, 1.54) is 0 Å². The molecule has 1 aliphatic rings. The fourth-order valence-corrected chi connectivity index (χ4v) is 5.27. The first-order chi connectivity index (χ1) is 17.1. The Labute approximate surface area is 209 Å². The first kappa shape index (κ1) is 26.2. The molecule has 36 heavy (non-hydrogen) atoms. The quantitative estimate of drug-likeness (QED) is 0.262. The highest BCUT2D eigenvalue weighted by atomic mass is 32.3. The second-order valence-corrected chi connectivity index (χ2v) is 10.4. The fraction of sp³-hybridized carbons (Fsp3) is 0.250. The van der Waals surface area contributed by atoms with E-state index in [1.807, 2.05) is 12.1 Å². The predicted molar refractivity (Wildman–Crippen MR) is 130 cm³/mol. The summed E-state index contributed by atoms with van der Waals surface area (Å²) in [6.45, 7) is 0.0260. The Bertz CT molecular complexity index is 1370. The summed E-state index contributed by atoms with van der Waals surface area (Å²) in [5, 5.41) is 0. The summed E-state index contributed by atoms with van der Waals surface area (Å²) in [6.07, 6.45) is 0.827. The summed E-state index contributed by atoms with van der Waals surface area (Å²) in [5.41, 5.74) is 2.56.